The Labute approximate surface area is 73.0 Å². The molecule has 66 valence electrons. The highest BCUT2D eigenvalue weighted by Gasteiger charge is 2.27. The van der Waals surface area contributed by atoms with Crippen LogP contribution in [0.3, 0.4) is 0 Å². The van der Waals surface area contributed by atoms with E-state index >= 15 is 0 Å². The molecule has 1 aliphatic heterocycles. The van der Waals surface area contributed by atoms with E-state index in [1.165, 1.54) is 0 Å². The summed E-state index contributed by atoms with van der Waals surface area (Å²) in [5.74, 6) is -1.45. The molecular formula is C6H8N2O3S. The van der Waals surface area contributed by atoms with Crippen molar-refractivity contribution >= 4 is 28.8 Å². The SMILES string of the molecule is N=C1NC(=O)C(CC(=O)O)CS1. The molecule has 0 aliphatic carbocycles. The highest BCUT2D eigenvalue weighted by atomic mass is 32.2. The summed E-state index contributed by atoms with van der Waals surface area (Å²) in [4.78, 5) is 21.3. The van der Waals surface area contributed by atoms with E-state index in [4.69, 9.17) is 10.5 Å². The zero-order valence-electron chi connectivity index (χ0n) is 6.16. The van der Waals surface area contributed by atoms with Crippen LogP contribution in [0.4, 0.5) is 0 Å². The van der Waals surface area contributed by atoms with Crippen LogP contribution >= 0.6 is 11.8 Å². The fraction of sp³-hybridized carbons (Fsp3) is 0.500. The van der Waals surface area contributed by atoms with Gasteiger partial charge in [-0.25, -0.2) is 0 Å². The van der Waals surface area contributed by atoms with Crippen LogP contribution < -0.4 is 5.32 Å². The van der Waals surface area contributed by atoms with Gasteiger partial charge in [-0.3, -0.25) is 15.0 Å². The third-order valence-electron chi connectivity index (χ3n) is 1.46. The van der Waals surface area contributed by atoms with Crippen LogP contribution in [-0.4, -0.2) is 27.9 Å². The van der Waals surface area contributed by atoms with Crippen molar-refractivity contribution in [2.24, 2.45) is 5.92 Å². The first-order chi connectivity index (χ1) is 5.59. The lowest BCUT2D eigenvalue weighted by Crippen LogP contribution is -2.40. The normalized spacial score (nSPS) is 23.5. The summed E-state index contributed by atoms with van der Waals surface area (Å²) >= 11 is 1.16. The Morgan fingerprint density at radius 1 is 1.83 bits per heavy atom. The Bertz CT molecular complexity index is 241. The largest absolute Gasteiger partial charge is 0.481 e. The van der Waals surface area contributed by atoms with Crippen LogP contribution in [0.1, 0.15) is 6.42 Å². The number of hydrogen-bond donors (Lipinski definition) is 3. The maximum absolute atomic E-state index is 11.0. The van der Waals surface area contributed by atoms with E-state index in [0.29, 0.717) is 5.75 Å². The Kier molecular flexibility index (Phi) is 2.69. The number of nitrogens with one attached hydrogen (secondary N) is 2. The van der Waals surface area contributed by atoms with Crippen LogP contribution in [0.5, 0.6) is 0 Å². The first-order valence-electron chi connectivity index (χ1n) is 3.33. The number of carbonyl (C=O) groups is 2. The molecule has 1 amide bonds. The number of amidine groups is 1. The van der Waals surface area contributed by atoms with Crippen molar-refractivity contribution in [3.05, 3.63) is 0 Å². The summed E-state index contributed by atoms with van der Waals surface area (Å²) in [7, 11) is 0. The van der Waals surface area contributed by atoms with Crippen molar-refractivity contribution in [2.45, 2.75) is 6.42 Å². The van der Waals surface area contributed by atoms with Crippen LogP contribution in [0.25, 0.3) is 0 Å². The number of rotatable bonds is 2. The minimum atomic E-state index is -0.982. The third-order valence-corrected chi connectivity index (χ3v) is 2.42. The van der Waals surface area contributed by atoms with Crippen molar-refractivity contribution in [2.75, 3.05) is 5.75 Å². The molecule has 0 saturated carbocycles. The minimum absolute atomic E-state index is 0.0987. The highest BCUT2D eigenvalue weighted by molar-refractivity contribution is 8.13. The van der Waals surface area contributed by atoms with Crippen LogP contribution in [0.15, 0.2) is 0 Å². The summed E-state index contributed by atoms with van der Waals surface area (Å²) in [6.45, 7) is 0. The van der Waals surface area contributed by atoms with Gasteiger partial charge >= 0.3 is 5.97 Å². The zero-order chi connectivity index (χ0) is 9.14. The fourth-order valence-electron chi connectivity index (χ4n) is 0.872. The van der Waals surface area contributed by atoms with Gasteiger partial charge in [0.05, 0.1) is 12.3 Å². The number of carboxylic acids is 1. The summed E-state index contributed by atoms with van der Waals surface area (Å²) in [5, 5.41) is 17.9. The van der Waals surface area contributed by atoms with Gasteiger partial charge in [-0.15, -0.1) is 0 Å². The first-order valence-corrected chi connectivity index (χ1v) is 4.32. The molecule has 0 aromatic carbocycles. The number of amides is 1. The Hall–Kier alpha value is -1.04. The molecular weight excluding hydrogens is 180 g/mol. The summed E-state index contributed by atoms with van der Waals surface area (Å²) in [6.07, 6.45) is -0.161. The van der Waals surface area contributed by atoms with E-state index < -0.39 is 11.9 Å². The summed E-state index contributed by atoms with van der Waals surface area (Å²) in [5.41, 5.74) is 0. The summed E-state index contributed by atoms with van der Waals surface area (Å²) < 4.78 is 0. The van der Waals surface area contributed by atoms with Gasteiger partial charge in [0.25, 0.3) is 0 Å². The second-order valence-corrected chi connectivity index (χ2v) is 3.45. The van der Waals surface area contributed by atoms with Crippen LogP contribution in [-0.2, 0) is 9.59 Å². The lowest BCUT2D eigenvalue weighted by Gasteiger charge is -2.19. The molecule has 12 heavy (non-hydrogen) atoms. The molecule has 1 rings (SSSR count). The summed E-state index contributed by atoms with van der Waals surface area (Å²) in [6, 6.07) is 0. The fourth-order valence-corrected chi connectivity index (χ4v) is 1.68. The highest BCUT2D eigenvalue weighted by Crippen LogP contribution is 2.17. The molecule has 1 unspecified atom stereocenters. The quantitative estimate of drug-likeness (QED) is 0.563. The van der Waals surface area contributed by atoms with Crippen molar-refractivity contribution in [3.63, 3.8) is 0 Å². The van der Waals surface area contributed by atoms with E-state index in [2.05, 4.69) is 5.32 Å². The Balaban J connectivity index is 2.51. The molecule has 6 heteroatoms. The van der Waals surface area contributed by atoms with E-state index in [-0.39, 0.29) is 17.5 Å². The standard InChI is InChI=1S/C6H8N2O3S/c7-6-8-5(11)3(2-12-6)1-4(9)10/h3H,1-2H2,(H,9,10)(H2,7,8,11). The van der Waals surface area contributed by atoms with Gasteiger partial charge in [-0.2, -0.15) is 0 Å². The van der Waals surface area contributed by atoms with Gasteiger partial charge in [-0.05, 0) is 0 Å². The molecule has 0 aromatic heterocycles. The smallest absolute Gasteiger partial charge is 0.304 e. The van der Waals surface area contributed by atoms with Crippen molar-refractivity contribution in [1.29, 1.82) is 5.41 Å². The third kappa shape index (κ3) is 2.23. The topological polar surface area (TPSA) is 90.3 Å². The molecule has 0 bridgehead atoms. The van der Waals surface area contributed by atoms with Gasteiger partial charge in [0.15, 0.2) is 5.17 Å². The predicted octanol–water partition coefficient (Wildman–Crippen LogP) is -0.125. The molecule has 1 saturated heterocycles. The first kappa shape index (κ1) is 9.05. The molecule has 0 radical (unpaired) electrons. The van der Waals surface area contributed by atoms with Gasteiger partial charge < -0.3 is 10.4 Å². The molecule has 0 aromatic rings. The number of carbonyl (C=O) groups excluding carboxylic acids is 1. The molecule has 5 nitrogen and oxygen atoms in total. The molecule has 1 fully saturated rings. The molecule has 1 heterocycles. The number of thioether (sulfide) groups is 1. The van der Waals surface area contributed by atoms with Gasteiger partial charge in [-0.1, -0.05) is 11.8 Å². The van der Waals surface area contributed by atoms with E-state index in [0.717, 1.165) is 11.8 Å². The number of aliphatic carboxylic acids is 1. The second kappa shape index (κ2) is 3.57. The monoisotopic (exact) mass is 188 g/mol. The minimum Gasteiger partial charge on any atom is -0.481 e. The van der Waals surface area contributed by atoms with Crippen molar-refractivity contribution in [1.82, 2.24) is 5.32 Å². The van der Waals surface area contributed by atoms with Gasteiger partial charge in [0, 0.05) is 5.75 Å². The molecule has 0 spiro atoms. The van der Waals surface area contributed by atoms with Gasteiger partial charge in [0.2, 0.25) is 5.91 Å². The average Bonchev–Trinajstić information content (AvgIpc) is 1.94. The Morgan fingerprint density at radius 3 is 3.00 bits per heavy atom. The van der Waals surface area contributed by atoms with E-state index in [9.17, 15) is 9.59 Å². The lowest BCUT2D eigenvalue weighted by atomic mass is 10.1. The van der Waals surface area contributed by atoms with Crippen molar-refractivity contribution in [3.8, 4) is 0 Å². The number of hydrogen-bond acceptors (Lipinski definition) is 4. The van der Waals surface area contributed by atoms with E-state index in [1.54, 1.807) is 0 Å². The van der Waals surface area contributed by atoms with Crippen LogP contribution in [0, 0.1) is 11.3 Å². The lowest BCUT2D eigenvalue weighted by molar-refractivity contribution is -0.140. The molecule has 3 N–H and O–H groups in total. The molecule has 1 atom stereocenters. The predicted molar refractivity (Wildman–Crippen MR) is 44.1 cm³/mol. The molecule has 1 aliphatic rings. The second-order valence-electron chi connectivity index (χ2n) is 2.42. The average molecular weight is 188 g/mol. The van der Waals surface area contributed by atoms with Crippen molar-refractivity contribution < 1.29 is 14.7 Å². The maximum Gasteiger partial charge on any atom is 0.304 e. The van der Waals surface area contributed by atoms with Gasteiger partial charge in [0.1, 0.15) is 0 Å². The number of carboxylic acid groups (broad SMARTS) is 1. The zero-order valence-corrected chi connectivity index (χ0v) is 6.98. The van der Waals surface area contributed by atoms with Crippen LogP contribution in [0.2, 0.25) is 0 Å². The maximum atomic E-state index is 11.0. The van der Waals surface area contributed by atoms with E-state index in [1.807, 2.05) is 0 Å². The Morgan fingerprint density at radius 2 is 2.50 bits per heavy atom.